The lowest BCUT2D eigenvalue weighted by Gasteiger charge is -2.08. The van der Waals surface area contributed by atoms with Gasteiger partial charge in [-0.2, -0.15) is 0 Å². The van der Waals surface area contributed by atoms with Crippen molar-refractivity contribution in [2.24, 2.45) is 5.92 Å². The second-order valence-corrected chi connectivity index (χ2v) is 4.33. The zero-order valence-corrected chi connectivity index (χ0v) is 10.3. The fraction of sp³-hybridized carbons (Fsp3) is 0.462. The van der Waals surface area contributed by atoms with E-state index < -0.39 is 6.09 Å². The molecule has 0 spiro atoms. The monoisotopic (exact) mass is 237 g/mol. The lowest BCUT2D eigenvalue weighted by molar-refractivity contribution is 0.194. The van der Waals surface area contributed by atoms with Crippen LogP contribution in [0.2, 0.25) is 0 Å². The van der Waals surface area contributed by atoms with E-state index in [9.17, 15) is 4.79 Å². The zero-order chi connectivity index (χ0) is 12.7. The molecule has 94 valence electrons. The SMILES string of the molecule is CC(C)CCOc1ccc(CNC(=O)O)cc1. The van der Waals surface area contributed by atoms with Crippen LogP contribution in [0.5, 0.6) is 5.75 Å². The summed E-state index contributed by atoms with van der Waals surface area (Å²) in [5, 5.41) is 10.8. The van der Waals surface area contributed by atoms with Gasteiger partial charge in [-0.25, -0.2) is 4.79 Å². The zero-order valence-electron chi connectivity index (χ0n) is 10.3. The molecular formula is C13H19NO3. The molecule has 1 aromatic carbocycles. The van der Waals surface area contributed by atoms with E-state index in [4.69, 9.17) is 9.84 Å². The average molecular weight is 237 g/mol. The van der Waals surface area contributed by atoms with Crippen molar-refractivity contribution in [3.05, 3.63) is 29.8 Å². The summed E-state index contributed by atoms with van der Waals surface area (Å²) in [6.45, 7) is 5.35. The maximum atomic E-state index is 10.3. The molecular weight excluding hydrogens is 218 g/mol. The van der Waals surface area contributed by atoms with E-state index in [0.717, 1.165) is 17.7 Å². The molecule has 17 heavy (non-hydrogen) atoms. The fourth-order valence-electron chi connectivity index (χ4n) is 1.29. The lowest BCUT2D eigenvalue weighted by atomic mass is 10.1. The molecule has 0 saturated heterocycles. The summed E-state index contributed by atoms with van der Waals surface area (Å²) in [6, 6.07) is 7.44. The minimum atomic E-state index is -1.01. The maximum Gasteiger partial charge on any atom is 0.404 e. The van der Waals surface area contributed by atoms with Crippen LogP contribution < -0.4 is 10.1 Å². The van der Waals surface area contributed by atoms with Crippen molar-refractivity contribution in [3.63, 3.8) is 0 Å². The fourth-order valence-corrected chi connectivity index (χ4v) is 1.29. The molecule has 1 aromatic rings. The first kappa shape index (κ1) is 13.4. The third-order valence-electron chi connectivity index (χ3n) is 2.33. The van der Waals surface area contributed by atoms with Crippen molar-refractivity contribution in [2.45, 2.75) is 26.8 Å². The highest BCUT2D eigenvalue weighted by Gasteiger charge is 1.99. The quantitative estimate of drug-likeness (QED) is 0.799. The van der Waals surface area contributed by atoms with Crippen LogP contribution >= 0.6 is 0 Å². The largest absolute Gasteiger partial charge is 0.494 e. The number of ether oxygens (including phenoxy) is 1. The van der Waals surface area contributed by atoms with Gasteiger partial charge in [0.05, 0.1) is 6.61 Å². The third kappa shape index (κ3) is 5.80. The van der Waals surface area contributed by atoms with Gasteiger partial charge in [0.1, 0.15) is 5.75 Å². The summed E-state index contributed by atoms with van der Waals surface area (Å²) >= 11 is 0. The second kappa shape index (κ2) is 6.78. The predicted octanol–water partition coefficient (Wildman–Crippen LogP) is 2.88. The van der Waals surface area contributed by atoms with Crippen molar-refractivity contribution in [1.82, 2.24) is 5.32 Å². The minimum absolute atomic E-state index is 0.321. The molecule has 0 fully saturated rings. The Labute approximate surface area is 102 Å². The highest BCUT2D eigenvalue weighted by molar-refractivity contribution is 5.64. The molecule has 0 bridgehead atoms. The molecule has 4 nitrogen and oxygen atoms in total. The third-order valence-corrected chi connectivity index (χ3v) is 2.33. The van der Waals surface area contributed by atoms with Crippen LogP contribution in [0.25, 0.3) is 0 Å². The van der Waals surface area contributed by atoms with Crippen LogP contribution in [0.4, 0.5) is 4.79 Å². The molecule has 0 saturated carbocycles. The van der Waals surface area contributed by atoms with E-state index in [1.165, 1.54) is 0 Å². The number of carbonyl (C=O) groups is 1. The Morgan fingerprint density at radius 1 is 1.35 bits per heavy atom. The van der Waals surface area contributed by atoms with E-state index in [1.54, 1.807) is 0 Å². The summed E-state index contributed by atoms with van der Waals surface area (Å²) in [4.78, 5) is 10.3. The molecule has 0 heterocycles. The van der Waals surface area contributed by atoms with Crippen LogP contribution in [-0.2, 0) is 6.54 Å². The predicted molar refractivity (Wildman–Crippen MR) is 66.3 cm³/mol. The maximum absolute atomic E-state index is 10.3. The van der Waals surface area contributed by atoms with Crippen LogP contribution in [0.1, 0.15) is 25.8 Å². The van der Waals surface area contributed by atoms with Gasteiger partial charge in [-0.3, -0.25) is 0 Å². The summed E-state index contributed by atoms with van der Waals surface area (Å²) in [7, 11) is 0. The van der Waals surface area contributed by atoms with Crippen molar-refractivity contribution >= 4 is 6.09 Å². The number of carboxylic acid groups (broad SMARTS) is 1. The molecule has 0 atom stereocenters. The van der Waals surface area contributed by atoms with Crippen molar-refractivity contribution in [1.29, 1.82) is 0 Å². The van der Waals surface area contributed by atoms with E-state index in [-0.39, 0.29) is 0 Å². The Morgan fingerprint density at radius 3 is 2.53 bits per heavy atom. The van der Waals surface area contributed by atoms with Gasteiger partial charge in [-0.15, -0.1) is 0 Å². The topological polar surface area (TPSA) is 58.6 Å². The van der Waals surface area contributed by atoms with Gasteiger partial charge in [0.15, 0.2) is 0 Å². The molecule has 4 heteroatoms. The molecule has 0 aromatic heterocycles. The molecule has 1 amide bonds. The molecule has 0 aliphatic heterocycles. The van der Waals surface area contributed by atoms with Crippen LogP contribution in [-0.4, -0.2) is 17.8 Å². The summed E-state index contributed by atoms with van der Waals surface area (Å²) < 4.78 is 5.56. The Balaban J connectivity index is 2.36. The van der Waals surface area contributed by atoms with Crippen molar-refractivity contribution in [2.75, 3.05) is 6.61 Å². The summed E-state index contributed by atoms with van der Waals surface area (Å²) in [5.41, 5.74) is 0.920. The average Bonchev–Trinajstić information content (AvgIpc) is 2.27. The van der Waals surface area contributed by atoms with Crippen LogP contribution in [0, 0.1) is 5.92 Å². The number of rotatable bonds is 6. The first-order valence-electron chi connectivity index (χ1n) is 5.76. The van der Waals surface area contributed by atoms with Gasteiger partial charge in [0.2, 0.25) is 0 Å². The Morgan fingerprint density at radius 2 is 2.00 bits per heavy atom. The molecule has 1 rings (SSSR count). The van der Waals surface area contributed by atoms with Crippen molar-refractivity contribution in [3.8, 4) is 5.75 Å². The smallest absolute Gasteiger partial charge is 0.404 e. The highest BCUT2D eigenvalue weighted by Crippen LogP contribution is 2.13. The van der Waals surface area contributed by atoms with Gasteiger partial charge in [-0.05, 0) is 30.0 Å². The first-order valence-corrected chi connectivity index (χ1v) is 5.76. The standard InChI is InChI=1S/C13H19NO3/c1-10(2)7-8-17-12-5-3-11(4-6-12)9-14-13(15)16/h3-6,10,14H,7-9H2,1-2H3,(H,15,16). The number of hydrogen-bond donors (Lipinski definition) is 2. The molecule has 0 aliphatic rings. The molecule has 0 unspecified atom stereocenters. The van der Waals surface area contributed by atoms with E-state index in [2.05, 4.69) is 19.2 Å². The minimum Gasteiger partial charge on any atom is -0.494 e. The number of hydrogen-bond acceptors (Lipinski definition) is 2. The lowest BCUT2D eigenvalue weighted by Crippen LogP contribution is -2.19. The van der Waals surface area contributed by atoms with E-state index >= 15 is 0 Å². The number of nitrogens with one attached hydrogen (secondary N) is 1. The van der Waals surface area contributed by atoms with E-state index in [1.807, 2.05) is 24.3 Å². The normalized spacial score (nSPS) is 10.3. The number of benzene rings is 1. The van der Waals surface area contributed by atoms with Gasteiger partial charge in [0.25, 0.3) is 0 Å². The molecule has 0 aliphatic carbocycles. The van der Waals surface area contributed by atoms with Gasteiger partial charge in [0, 0.05) is 6.54 Å². The summed E-state index contributed by atoms with van der Waals surface area (Å²) in [5.74, 6) is 1.46. The highest BCUT2D eigenvalue weighted by atomic mass is 16.5. The molecule has 2 N–H and O–H groups in total. The number of amides is 1. The Bertz CT molecular complexity index is 346. The first-order chi connectivity index (χ1) is 8.08. The second-order valence-electron chi connectivity index (χ2n) is 4.33. The van der Waals surface area contributed by atoms with Gasteiger partial charge >= 0.3 is 6.09 Å². The van der Waals surface area contributed by atoms with Crippen LogP contribution in [0.15, 0.2) is 24.3 Å². The summed E-state index contributed by atoms with van der Waals surface area (Å²) in [6.07, 6.45) is 0.0183. The van der Waals surface area contributed by atoms with Crippen LogP contribution in [0.3, 0.4) is 0 Å². The van der Waals surface area contributed by atoms with E-state index in [0.29, 0.717) is 19.1 Å². The Kier molecular flexibility index (Phi) is 5.33. The van der Waals surface area contributed by atoms with Gasteiger partial charge < -0.3 is 15.2 Å². The Hall–Kier alpha value is -1.71. The van der Waals surface area contributed by atoms with Crippen molar-refractivity contribution < 1.29 is 14.6 Å². The molecule has 0 radical (unpaired) electrons. The van der Waals surface area contributed by atoms with Gasteiger partial charge in [-0.1, -0.05) is 26.0 Å².